The van der Waals surface area contributed by atoms with Crippen molar-refractivity contribution >= 4 is 35.6 Å². The van der Waals surface area contributed by atoms with Crippen molar-refractivity contribution in [2.45, 2.75) is 17.6 Å². The second-order valence-corrected chi connectivity index (χ2v) is 14.2. The molecule has 0 spiro atoms. The van der Waals surface area contributed by atoms with E-state index in [0.29, 0.717) is 32.7 Å². The summed E-state index contributed by atoms with van der Waals surface area (Å²) in [4.78, 5) is 54.1. The Morgan fingerprint density at radius 2 is 0.849 bits per heavy atom. The molecule has 3 aromatic carbocycles. The van der Waals surface area contributed by atoms with Gasteiger partial charge >= 0.3 is 39.9 Å². The molecule has 3 aromatic rings. The van der Waals surface area contributed by atoms with Crippen LogP contribution < -0.4 is 20.6 Å². The van der Waals surface area contributed by atoms with Gasteiger partial charge in [0.25, 0.3) is 0 Å². The Morgan fingerprint density at radius 1 is 0.528 bits per heavy atom. The van der Waals surface area contributed by atoms with Crippen LogP contribution >= 0.6 is 11.8 Å². The van der Waals surface area contributed by atoms with Crippen molar-refractivity contribution in [1.82, 2.24) is 24.9 Å². The van der Waals surface area contributed by atoms with Gasteiger partial charge in [0.15, 0.2) is 0 Å². The van der Waals surface area contributed by atoms with E-state index in [9.17, 15) is 34.5 Å². The topological polar surface area (TPSA) is 162 Å². The fourth-order valence-electron chi connectivity index (χ4n) is 6.47. The van der Waals surface area contributed by atoms with Gasteiger partial charge in [-0.3, -0.25) is 24.4 Å². The van der Waals surface area contributed by atoms with Crippen LogP contribution in [0, 0.1) is 39.9 Å². The van der Waals surface area contributed by atoms with Crippen LogP contribution in [-0.2, 0) is 23.9 Å². The van der Waals surface area contributed by atoms with E-state index >= 15 is 0 Å². The van der Waals surface area contributed by atoms with E-state index in [1.807, 2.05) is 34.9 Å². The summed E-state index contributed by atoms with van der Waals surface area (Å²) in [5.41, 5.74) is 3.59. The molecule has 0 aromatic heterocycles. The van der Waals surface area contributed by atoms with E-state index in [2.05, 4.69) is 78.1 Å². The Hall–Kier alpha value is -2.95. The van der Waals surface area contributed by atoms with Crippen molar-refractivity contribution in [2.24, 2.45) is 0 Å². The number of rotatable bonds is 17. The molecule has 53 heavy (non-hydrogen) atoms. The Bertz CT molecular complexity index is 1430. The van der Waals surface area contributed by atoms with Crippen molar-refractivity contribution in [1.29, 1.82) is 0 Å². The second-order valence-electron chi connectivity index (χ2n) is 12.9. The molecule has 0 bridgehead atoms. The third-order valence-electron chi connectivity index (χ3n) is 9.11. The first kappa shape index (κ1) is 44.5. The number of amides is 1. The number of carbonyl (C=O) groups excluding carboxylic acids is 4. The first-order valence-electron chi connectivity index (χ1n) is 17.7. The number of carboxylic acids is 3. The molecule has 1 saturated heterocycles. The zero-order valence-electron chi connectivity index (χ0n) is 29.9. The number of aliphatic carboxylic acids is 3. The molecular weight excluding hydrogens is 840 g/mol. The van der Waals surface area contributed by atoms with Crippen LogP contribution in [0.5, 0.6) is 0 Å². The molecule has 14 heteroatoms. The van der Waals surface area contributed by atoms with E-state index in [0.717, 1.165) is 18.6 Å². The summed E-state index contributed by atoms with van der Waals surface area (Å²) in [5, 5.41) is 37.2. The summed E-state index contributed by atoms with van der Waals surface area (Å²) in [7, 11) is 0. The number of hydrogen-bond donors (Lipinski definition) is 1. The summed E-state index contributed by atoms with van der Waals surface area (Å²) in [6, 6.07) is 31.5. The van der Waals surface area contributed by atoms with Gasteiger partial charge in [-0.1, -0.05) is 91.0 Å². The molecule has 1 heterocycles. The number of thioether (sulfide) groups is 1. The number of benzene rings is 3. The van der Waals surface area contributed by atoms with Gasteiger partial charge in [0.2, 0.25) is 5.91 Å². The number of hydrogen-bond acceptors (Lipinski definition) is 12. The van der Waals surface area contributed by atoms with Crippen LogP contribution in [0.2, 0.25) is 0 Å². The molecule has 1 fully saturated rings. The zero-order valence-corrected chi connectivity index (χ0v) is 33.0. The van der Waals surface area contributed by atoms with Gasteiger partial charge in [0.05, 0.1) is 29.2 Å². The summed E-state index contributed by atoms with van der Waals surface area (Å²) >= 11 is 1.88. The average molecular weight is 888 g/mol. The number of nitrogens with zero attached hydrogens (tertiary/aromatic N) is 4. The largest absolute Gasteiger partial charge is 3.00 e. The quantitative estimate of drug-likeness (QED) is 0.131. The minimum Gasteiger partial charge on any atom is -0.549 e. The van der Waals surface area contributed by atoms with Crippen LogP contribution in [0.15, 0.2) is 91.0 Å². The summed E-state index contributed by atoms with van der Waals surface area (Å²) in [6.07, 6.45) is 1.64. The molecule has 0 unspecified atom stereocenters. The standard InChI is InChI=1S/C39H51N5O7S.Gd/c45-35(28-41-19-21-42(29-36(46)47)23-25-44(31-38(50)51)26-24-43(22-20-41)30-37(48)49)40-18-10-11-27-52-39(32-12-4-1-5-13-32,33-14-6-2-7-15-33)34-16-8-3-9-17-34;/h1-9,12-17H,10-11,18-31H2,(H,40,45)(H,46,47)(H,48,49)(H,50,51);/q;+3/p-3. The minimum atomic E-state index is -1.28. The summed E-state index contributed by atoms with van der Waals surface area (Å²) in [5.74, 6) is -3.11. The maximum Gasteiger partial charge on any atom is 3.00 e. The van der Waals surface area contributed by atoms with Crippen molar-refractivity contribution in [2.75, 3.05) is 90.8 Å². The third-order valence-corrected chi connectivity index (χ3v) is 10.7. The number of unbranched alkanes of at least 4 members (excludes halogenated alkanes) is 1. The molecule has 1 radical (unpaired) electrons. The fourth-order valence-corrected chi connectivity index (χ4v) is 8.03. The normalized spacial score (nSPS) is 15.7. The van der Waals surface area contributed by atoms with E-state index in [1.54, 1.807) is 14.7 Å². The molecule has 1 amide bonds. The van der Waals surface area contributed by atoms with Crippen molar-refractivity contribution in [3.63, 3.8) is 0 Å². The molecule has 0 aliphatic carbocycles. The average Bonchev–Trinajstić information content (AvgIpc) is 3.13. The van der Waals surface area contributed by atoms with Gasteiger partial charge < -0.3 is 35.0 Å². The van der Waals surface area contributed by atoms with Crippen LogP contribution in [0.4, 0.5) is 0 Å². The molecule has 285 valence electrons. The SMILES string of the molecule is O=C([O-])CN1CCN(CC(=O)[O-])CCN(CC(=O)NCCCCSC(c2ccccc2)(c2ccccc2)c2ccccc2)CCN(CC(=O)[O-])CC1.[Gd+3]. The Labute approximate surface area is 348 Å². The molecule has 1 N–H and O–H groups in total. The molecule has 0 saturated carbocycles. The summed E-state index contributed by atoms with van der Waals surface area (Å²) < 4.78 is -0.408. The first-order valence-corrected chi connectivity index (χ1v) is 18.7. The number of nitrogens with one attached hydrogen (secondary N) is 1. The maximum absolute atomic E-state index is 13.1. The van der Waals surface area contributed by atoms with E-state index in [4.69, 9.17) is 0 Å². The van der Waals surface area contributed by atoms with Gasteiger partial charge in [0.1, 0.15) is 0 Å². The number of carbonyl (C=O) groups is 4. The smallest absolute Gasteiger partial charge is 0.549 e. The van der Waals surface area contributed by atoms with E-state index < -0.39 is 22.7 Å². The van der Waals surface area contributed by atoms with Gasteiger partial charge in [-0.2, -0.15) is 0 Å². The Morgan fingerprint density at radius 3 is 1.17 bits per heavy atom. The fraction of sp³-hybridized carbons (Fsp3) is 0.436. The monoisotopic (exact) mass is 888 g/mol. The van der Waals surface area contributed by atoms with Crippen molar-refractivity contribution < 1.29 is 74.4 Å². The van der Waals surface area contributed by atoms with Crippen molar-refractivity contribution in [3.8, 4) is 0 Å². The molecular formula is C39H48GdN5O7S. The maximum atomic E-state index is 13.1. The van der Waals surface area contributed by atoms with Crippen LogP contribution in [-0.4, -0.2) is 134 Å². The van der Waals surface area contributed by atoms with Crippen LogP contribution in [0.1, 0.15) is 29.5 Å². The molecule has 0 atom stereocenters. The minimum absolute atomic E-state index is 0. The predicted molar refractivity (Wildman–Crippen MR) is 195 cm³/mol. The van der Waals surface area contributed by atoms with Crippen LogP contribution in [0.25, 0.3) is 0 Å². The molecule has 4 rings (SSSR count). The zero-order chi connectivity index (χ0) is 37.2. The Kier molecular flexibility index (Phi) is 19.9. The van der Waals surface area contributed by atoms with Crippen LogP contribution in [0.3, 0.4) is 0 Å². The predicted octanol–water partition coefficient (Wildman–Crippen LogP) is -0.921. The summed E-state index contributed by atoms with van der Waals surface area (Å²) in [6.45, 7) is 1.76. The molecule has 1 aliphatic heterocycles. The van der Waals surface area contributed by atoms with Gasteiger partial charge in [-0.15, -0.1) is 11.8 Å². The van der Waals surface area contributed by atoms with E-state index in [-0.39, 0.29) is 98.2 Å². The van der Waals surface area contributed by atoms with Gasteiger partial charge in [-0.25, -0.2) is 0 Å². The number of carboxylic acid groups (broad SMARTS) is 3. The second kappa shape index (κ2) is 23.8. The van der Waals surface area contributed by atoms with Crippen molar-refractivity contribution in [3.05, 3.63) is 108 Å². The van der Waals surface area contributed by atoms with Gasteiger partial charge in [0, 0.05) is 78.5 Å². The third kappa shape index (κ3) is 15.0. The Balaban J connectivity index is 0.00000756. The van der Waals surface area contributed by atoms with E-state index in [1.165, 1.54) is 16.7 Å². The molecule has 12 nitrogen and oxygen atoms in total. The molecule has 1 aliphatic rings. The first-order chi connectivity index (χ1) is 25.2. The van der Waals surface area contributed by atoms with Gasteiger partial charge in [-0.05, 0) is 35.3 Å².